The van der Waals surface area contributed by atoms with E-state index in [-0.39, 0.29) is 19.6 Å². The molecule has 1 aromatic rings. The van der Waals surface area contributed by atoms with E-state index >= 15 is 0 Å². The van der Waals surface area contributed by atoms with Gasteiger partial charge in [-0.1, -0.05) is 23.7 Å². The lowest BCUT2D eigenvalue weighted by atomic mass is 9.84. The number of carboxylic acids is 1. The highest BCUT2D eigenvalue weighted by Gasteiger charge is 2.66. The van der Waals surface area contributed by atoms with Gasteiger partial charge in [0.05, 0.1) is 0 Å². The van der Waals surface area contributed by atoms with Crippen LogP contribution in [0.2, 0.25) is 5.02 Å². The predicted molar refractivity (Wildman–Crippen MR) is 87.7 cm³/mol. The second-order valence-corrected chi connectivity index (χ2v) is 7.65. The summed E-state index contributed by atoms with van der Waals surface area (Å²) in [5.74, 6) is -7.00. The average Bonchev–Trinajstić information content (AvgIpc) is 3.07. The van der Waals surface area contributed by atoms with Crippen molar-refractivity contribution in [3.8, 4) is 0 Å². The number of nitrogens with one attached hydrogen (secondary N) is 1. The van der Waals surface area contributed by atoms with E-state index in [0.717, 1.165) is 5.56 Å². The van der Waals surface area contributed by atoms with E-state index in [4.69, 9.17) is 11.6 Å². The van der Waals surface area contributed by atoms with Gasteiger partial charge in [-0.05, 0) is 23.6 Å². The normalized spacial score (nSPS) is 28.7. The molecule has 3 rings (SSSR count). The van der Waals surface area contributed by atoms with E-state index in [9.17, 15) is 36.2 Å². The zero-order valence-electron chi connectivity index (χ0n) is 14.3. The van der Waals surface area contributed by atoms with Crippen LogP contribution in [0.5, 0.6) is 0 Å². The van der Waals surface area contributed by atoms with Gasteiger partial charge in [0.1, 0.15) is 6.04 Å². The Labute approximate surface area is 161 Å². The summed E-state index contributed by atoms with van der Waals surface area (Å²) in [6.45, 7) is 0.319. The number of hydrogen-bond donors (Lipinski definition) is 2. The van der Waals surface area contributed by atoms with Gasteiger partial charge < -0.3 is 10.4 Å². The molecule has 4 nitrogen and oxygen atoms in total. The number of alkyl halides is 6. The molecule has 156 valence electrons. The van der Waals surface area contributed by atoms with Crippen molar-refractivity contribution in [1.29, 1.82) is 0 Å². The minimum Gasteiger partial charge on any atom is -0.480 e. The highest BCUT2D eigenvalue weighted by molar-refractivity contribution is 6.30. The first-order chi connectivity index (χ1) is 12.9. The monoisotopic (exact) mass is 430 g/mol. The number of rotatable bonds is 4. The van der Waals surface area contributed by atoms with Crippen LogP contribution < -0.4 is 5.32 Å². The molecule has 1 aromatic carbocycles. The molecule has 2 fully saturated rings. The number of aliphatic carboxylic acids is 1. The third-order valence-corrected chi connectivity index (χ3v) is 5.65. The number of nitrogens with zero attached hydrogens (tertiary/aromatic N) is 1. The van der Waals surface area contributed by atoms with E-state index in [1.165, 1.54) is 0 Å². The summed E-state index contributed by atoms with van der Waals surface area (Å²) in [6, 6.07) is 3.16. The van der Waals surface area contributed by atoms with Crippen LogP contribution >= 0.6 is 11.6 Å². The predicted octanol–water partition coefficient (Wildman–Crippen LogP) is 3.55. The fraction of sp³-hybridized carbons (Fsp3) is 0.588. The lowest BCUT2D eigenvalue weighted by molar-refractivity contribution is -0.293. The summed E-state index contributed by atoms with van der Waals surface area (Å²) in [4.78, 5) is 13.1. The van der Waals surface area contributed by atoms with Gasteiger partial charge in [0.2, 0.25) is 0 Å². The molecule has 28 heavy (non-hydrogen) atoms. The summed E-state index contributed by atoms with van der Waals surface area (Å²) in [6.07, 6.45) is -11.1. The summed E-state index contributed by atoms with van der Waals surface area (Å²) < 4.78 is 79.2. The molecule has 0 spiro atoms. The first-order valence-electron chi connectivity index (χ1n) is 8.47. The molecule has 0 aliphatic carbocycles. The SMILES string of the molecule is O=C(O)C1NC(C(C(F)(F)F)C(F)(F)F)C2CN(Cc3ccc(Cl)cc3)CC12. The lowest BCUT2D eigenvalue weighted by Gasteiger charge is -2.32. The summed E-state index contributed by atoms with van der Waals surface area (Å²) >= 11 is 5.80. The van der Waals surface area contributed by atoms with E-state index in [1.807, 2.05) is 0 Å². The van der Waals surface area contributed by atoms with Gasteiger partial charge >= 0.3 is 18.3 Å². The Morgan fingerprint density at radius 2 is 1.64 bits per heavy atom. The minimum atomic E-state index is -5.53. The Balaban J connectivity index is 1.84. The van der Waals surface area contributed by atoms with Crippen LogP contribution in [0.15, 0.2) is 24.3 Å². The van der Waals surface area contributed by atoms with E-state index in [0.29, 0.717) is 5.02 Å². The molecular weight excluding hydrogens is 414 g/mol. The van der Waals surface area contributed by atoms with Crippen molar-refractivity contribution in [3.05, 3.63) is 34.9 Å². The van der Waals surface area contributed by atoms with Crippen LogP contribution in [0.3, 0.4) is 0 Å². The third-order valence-electron chi connectivity index (χ3n) is 5.40. The van der Waals surface area contributed by atoms with Gasteiger partial charge in [-0.2, -0.15) is 26.3 Å². The average molecular weight is 431 g/mol. The first-order valence-corrected chi connectivity index (χ1v) is 8.85. The molecule has 2 N–H and O–H groups in total. The number of hydrogen-bond acceptors (Lipinski definition) is 3. The molecule has 2 heterocycles. The summed E-state index contributed by atoms with van der Waals surface area (Å²) in [7, 11) is 0. The Morgan fingerprint density at radius 1 is 1.11 bits per heavy atom. The highest BCUT2D eigenvalue weighted by atomic mass is 35.5. The van der Waals surface area contributed by atoms with Crippen molar-refractivity contribution in [3.63, 3.8) is 0 Å². The second kappa shape index (κ2) is 7.38. The molecule has 0 amide bonds. The van der Waals surface area contributed by atoms with Gasteiger partial charge in [-0.15, -0.1) is 0 Å². The maximum Gasteiger partial charge on any atom is 0.402 e. The molecule has 0 bridgehead atoms. The van der Waals surface area contributed by atoms with Gasteiger partial charge in [0.25, 0.3) is 0 Å². The van der Waals surface area contributed by atoms with E-state index in [1.54, 1.807) is 29.2 Å². The largest absolute Gasteiger partial charge is 0.480 e. The van der Waals surface area contributed by atoms with Crippen molar-refractivity contribution < 1.29 is 36.2 Å². The summed E-state index contributed by atoms with van der Waals surface area (Å²) in [5, 5.41) is 11.9. The molecule has 2 saturated heterocycles. The van der Waals surface area contributed by atoms with Crippen LogP contribution in [0.25, 0.3) is 0 Å². The van der Waals surface area contributed by atoms with E-state index < -0.39 is 48.2 Å². The number of fused-ring (bicyclic) bond motifs is 1. The standard InChI is InChI=1S/C17H17ClF6N2O2/c18-9-3-1-8(2-4-9)5-26-6-10-11(7-26)13(15(27)28)25-12(10)14(16(19,20)21)17(22,23)24/h1-4,10-14,25H,5-7H2,(H,27,28). The molecule has 0 saturated carbocycles. The second-order valence-electron chi connectivity index (χ2n) is 7.22. The van der Waals surface area contributed by atoms with Crippen LogP contribution in [-0.4, -0.2) is 53.5 Å². The van der Waals surface area contributed by atoms with Crippen LogP contribution in [0.4, 0.5) is 26.3 Å². The van der Waals surface area contributed by atoms with Crippen molar-refractivity contribution in [1.82, 2.24) is 10.2 Å². The Hall–Kier alpha value is -1.52. The maximum atomic E-state index is 13.2. The first kappa shape index (κ1) is 21.2. The third kappa shape index (κ3) is 4.23. The smallest absolute Gasteiger partial charge is 0.402 e. The van der Waals surface area contributed by atoms with Gasteiger partial charge in [0, 0.05) is 36.6 Å². The number of halogens is 7. The number of carboxylic acid groups (broad SMARTS) is 1. The quantitative estimate of drug-likeness (QED) is 0.717. The summed E-state index contributed by atoms with van der Waals surface area (Å²) in [5.41, 5.74) is 0.781. The fourth-order valence-electron chi connectivity index (χ4n) is 4.30. The van der Waals surface area contributed by atoms with Crippen molar-refractivity contribution >= 4 is 17.6 Å². The molecule has 11 heteroatoms. The lowest BCUT2D eigenvalue weighted by Crippen LogP contribution is -2.53. The number of carbonyl (C=O) groups is 1. The zero-order chi connectivity index (χ0) is 20.9. The fourth-order valence-corrected chi connectivity index (χ4v) is 4.42. The molecule has 0 radical (unpaired) electrons. The van der Waals surface area contributed by atoms with Crippen LogP contribution in [0, 0.1) is 17.8 Å². The topological polar surface area (TPSA) is 52.6 Å². The van der Waals surface area contributed by atoms with E-state index in [2.05, 4.69) is 5.32 Å². The van der Waals surface area contributed by atoms with Crippen molar-refractivity contribution in [2.24, 2.45) is 17.8 Å². The Bertz CT molecular complexity index is 710. The zero-order valence-corrected chi connectivity index (χ0v) is 15.0. The number of benzene rings is 1. The van der Waals surface area contributed by atoms with Crippen LogP contribution in [-0.2, 0) is 11.3 Å². The molecule has 4 unspecified atom stereocenters. The van der Waals surface area contributed by atoms with Crippen molar-refractivity contribution in [2.75, 3.05) is 13.1 Å². The Kier molecular flexibility index (Phi) is 5.59. The van der Waals surface area contributed by atoms with Gasteiger partial charge in [-0.25, -0.2) is 0 Å². The minimum absolute atomic E-state index is 0.0581. The molecule has 0 aromatic heterocycles. The molecule has 4 atom stereocenters. The molecule has 2 aliphatic rings. The molecular formula is C17H17ClF6N2O2. The van der Waals surface area contributed by atoms with Crippen molar-refractivity contribution in [2.45, 2.75) is 31.0 Å². The van der Waals surface area contributed by atoms with Gasteiger partial charge in [-0.3, -0.25) is 9.69 Å². The van der Waals surface area contributed by atoms with Gasteiger partial charge in [0.15, 0.2) is 5.92 Å². The maximum absolute atomic E-state index is 13.2. The number of likely N-dealkylation sites (tertiary alicyclic amines) is 1. The molecule has 2 aliphatic heterocycles. The van der Waals surface area contributed by atoms with Crippen LogP contribution in [0.1, 0.15) is 5.56 Å². The highest BCUT2D eigenvalue weighted by Crippen LogP contribution is 2.48. The Morgan fingerprint density at radius 3 is 2.14 bits per heavy atom.